The predicted molar refractivity (Wildman–Crippen MR) is 123 cm³/mol. The summed E-state index contributed by atoms with van der Waals surface area (Å²) >= 11 is 7.34. The number of aromatic nitrogens is 1. The predicted octanol–water partition coefficient (Wildman–Crippen LogP) is 3.29. The summed E-state index contributed by atoms with van der Waals surface area (Å²) in [5.74, 6) is -0.428. The number of halogens is 1. The number of nitrogens with zero attached hydrogens (tertiary/aromatic N) is 3. The molecule has 1 aliphatic rings. The van der Waals surface area contributed by atoms with E-state index in [0.717, 1.165) is 14.5 Å². The van der Waals surface area contributed by atoms with Gasteiger partial charge >= 0.3 is 0 Å². The van der Waals surface area contributed by atoms with Gasteiger partial charge in [0.25, 0.3) is 5.91 Å². The summed E-state index contributed by atoms with van der Waals surface area (Å²) in [7, 11) is -0.785. The number of thiazole rings is 1. The number of rotatable bonds is 5. The van der Waals surface area contributed by atoms with Gasteiger partial charge in [0.05, 0.1) is 33.9 Å². The Morgan fingerprint density at radius 3 is 2.65 bits per heavy atom. The molecule has 0 radical (unpaired) electrons. The number of nitrogens with one attached hydrogen (secondary N) is 1. The van der Waals surface area contributed by atoms with Crippen LogP contribution in [0, 0.1) is 0 Å². The smallest absolute Gasteiger partial charge is 0.259 e. The molecule has 11 heteroatoms. The van der Waals surface area contributed by atoms with Gasteiger partial charge in [0.1, 0.15) is 0 Å². The van der Waals surface area contributed by atoms with E-state index in [1.807, 2.05) is 4.90 Å². The van der Waals surface area contributed by atoms with E-state index in [-0.39, 0.29) is 10.5 Å². The first-order chi connectivity index (χ1) is 14.8. The van der Waals surface area contributed by atoms with E-state index in [2.05, 4.69) is 10.3 Å². The molecule has 31 heavy (non-hydrogen) atoms. The highest BCUT2D eigenvalue weighted by molar-refractivity contribution is 7.89. The molecule has 0 saturated carbocycles. The molecule has 1 saturated heterocycles. The van der Waals surface area contributed by atoms with E-state index in [1.165, 1.54) is 37.6 Å². The molecule has 0 aliphatic carbocycles. The number of carbonyl (C=O) groups excluding carboxylic acids is 1. The first-order valence-electron chi connectivity index (χ1n) is 9.52. The SMILES string of the molecule is CN(C)S(=O)(=O)c1ccc(N2CCOCC2)c(C(=O)Nc2nc3ccc(Cl)cc3s2)c1. The van der Waals surface area contributed by atoms with E-state index in [0.29, 0.717) is 42.1 Å². The zero-order valence-corrected chi connectivity index (χ0v) is 19.4. The Bertz CT molecular complexity index is 1240. The second-order valence-corrected chi connectivity index (χ2v) is 10.8. The summed E-state index contributed by atoms with van der Waals surface area (Å²) in [5.41, 5.74) is 1.65. The summed E-state index contributed by atoms with van der Waals surface area (Å²) in [4.78, 5) is 19.7. The van der Waals surface area contributed by atoms with Gasteiger partial charge in [-0.3, -0.25) is 10.1 Å². The van der Waals surface area contributed by atoms with Crippen LogP contribution in [0.3, 0.4) is 0 Å². The molecule has 1 fully saturated rings. The van der Waals surface area contributed by atoms with Crippen LogP contribution in [0.5, 0.6) is 0 Å². The number of anilines is 2. The third kappa shape index (κ3) is 4.53. The van der Waals surface area contributed by atoms with E-state index < -0.39 is 15.9 Å². The second kappa shape index (κ2) is 8.71. The van der Waals surface area contributed by atoms with Crippen LogP contribution in [0.2, 0.25) is 5.02 Å². The normalized spacial score (nSPS) is 14.9. The lowest BCUT2D eigenvalue weighted by atomic mass is 10.1. The fraction of sp³-hybridized carbons (Fsp3) is 0.300. The van der Waals surface area contributed by atoms with Crippen LogP contribution in [0.15, 0.2) is 41.3 Å². The number of amides is 1. The minimum atomic E-state index is -3.70. The van der Waals surface area contributed by atoms with Crippen molar-refractivity contribution in [1.29, 1.82) is 0 Å². The zero-order chi connectivity index (χ0) is 22.2. The largest absolute Gasteiger partial charge is 0.378 e. The molecule has 0 atom stereocenters. The maximum absolute atomic E-state index is 13.2. The first-order valence-corrected chi connectivity index (χ1v) is 12.2. The van der Waals surface area contributed by atoms with E-state index in [4.69, 9.17) is 16.3 Å². The van der Waals surface area contributed by atoms with E-state index in [1.54, 1.807) is 24.3 Å². The average Bonchev–Trinajstić information content (AvgIpc) is 3.15. The van der Waals surface area contributed by atoms with Crippen LogP contribution in [0.4, 0.5) is 10.8 Å². The number of sulfonamides is 1. The summed E-state index contributed by atoms with van der Waals surface area (Å²) in [5, 5.41) is 3.81. The molecule has 2 aromatic carbocycles. The molecular formula is C20H21ClN4O4S2. The third-order valence-corrected chi connectivity index (χ3v) is 7.89. The average molecular weight is 481 g/mol. The van der Waals surface area contributed by atoms with Crippen molar-refractivity contribution in [2.24, 2.45) is 0 Å². The molecule has 1 aliphatic heterocycles. The Hall–Kier alpha value is -2.24. The van der Waals surface area contributed by atoms with Crippen molar-refractivity contribution >= 4 is 59.9 Å². The molecule has 164 valence electrons. The van der Waals surface area contributed by atoms with Crippen LogP contribution in [-0.2, 0) is 14.8 Å². The number of hydrogen-bond acceptors (Lipinski definition) is 7. The number of morpholine rings is 1. The van der Waals surface area contributed by atoms with Gasteiger partial charge in [0, 0.05) is 37.9 Å². The standard InChI is InChI=1S/C20H21ClN4O4S2/c1-24(2)31(27,28)14-4-6-17(25-7-9-29-10-8-25)15(12-14)19(26)23-20-22-16-5-3-13(21)11-18(16)30-20/h3-6,11-12H,7-10H2,1-2H3,(H,22,23,26). The molecular weight excluding hydrogens is 460 g/mol. The number of ether oxygens (including phenoxy) is 1. The maximum atomic E-state index is 13.2. The third-order valence-electron chi connectivity index (χ3n) is 4.91. The number of carbonyl (C=O) groups is 1. The first kappa shape index (κ1) is 22.0. The zero-order valence-electron chi connectivity index (χ0n) is 17.0. The molecule has 8 nitrogen and oxygen atoms in total. The van der Waals surface area contributed by atoms with Crippen molar-refractivity contribution in [3.05, 3.63) is 47.0 Å². The van der Waals surface area contributed by atoms with Crippen LogP contribution >= 0.6 is 22.9 Å². The van der Waals surface area contributed by atoms with Gasteiger partial charge in [-0.1, -0.05) is 22.9 Å². The highest BCUT2D eigenvalue weighted by Gasteiger charge is 2.25. The van der Waals surface area contributed by atoms with Gasteiger partial charge in [0.15, 0.2) is 5.13 Å². The topological polar surface area (TPSA) is 91.8 Å². The molecule has 1 amide bonds. The lowest BCUT2D eigenvalue weighted by molar-refractivity contribution is 0.102. The summed E-state index contributed by atoms with van der Waals surface area (Å²) in [6.07, 6.45) is 0. The van der Waals surface area contributed by atoms with Gasteiger partial charge in [-0.15, -0.1) is 0 Å². The van der Waals surface area contributed by atoms with Crippen molar-refractivity contribution in [2.45, 2.75) is 4.90 Å². The van der Waals surface area contributed by atoms with E-state index in [9.17, 15) is 13.2 Å². The molecule has 0 bridgehead atoms. The minimum Gasteiger partial charge on any atom is -0.378 e. The highest BCUT2D eigenvalue weighted by atomic mass is 35.5. The lowest BCUT2D eigenvalue weighted by Crippen LogP contribution is -2.37. The second-order valence-electron chi connectivity index (χ2n) is 7.15. The van der Waals surface area contributed by atoms with Gasteiger partial charge in [-0.05, 0) is 36.4 Å². The summed E-state index contributed by atoms with van der Waals surface area (Å²) in [6.45, 7) is 2.30. The fourth-order valence-electron chi connectivity index (χ4n) is 3.26. The van der Waals surface area contributed by atoms with Crippen LogP contribution in [0.1, 0.15) is 10.4 Å². The molecule has 1 N–H and O–H groups in total. The Morgan fingerprint density at radius 2 is 1.94 bits per heavy atom. The molecule has 0 unspecified atom stereocenters. The number of fused-ring (bicyclic) bond motifs is 1. The monoisotopic (exact) mass is 480 g/mol. The Kier molecular flexibility index (Phi) is 6.18. The van der Waals surface area contributed by atoms with Crippen molar-refractivity contribution in [3.8, 4) is 0 Å². The fourth-order valence-corrected chi connectivity index (χ4v) is 5.33. The molecule has 2 heterocycles. The molecule has 3 aromatic rings. The van der Waals surface area contributed by atoms with Crippen LogP contribution in [0.25, 0.3) is 10.2 Å². The van der Waals surface area contributed by atoms with Crippen molar-refractivity contribution in [1.82, 2.24) is 9.29 Å². The molecule has 1 aromatic heterocycles. The summed E-state index contributed by atoms with van der Waals surface area (Å²) < 4.78 is 32.7. The lowest BCUT2D eigenvalue weighted by Gasteiger charge is -2.30. The Balaban J connectivity index is 1.72. The van der Waals surface area contributed by atoms with Gasteiger partial charge < -0.3 is 9.64 Å². The summed E-state index contributed by atoms with van der Waals surface area (Å²) in [6, 6.07) is 9.92. The van der Waals surface area contributed by atoms with Gasteiger partial charge in [0.2, 0.25) is 10.0 Å². The van der Waals surface area contributed by atoms with Gasteiger partial charge in [-0.2, -0.15) is 0 Å². The van der Waals surface area contributed by atoms with Crippen LogP contribution in [-0.4, -0.2) is 64.0 Å². The van der Waals surface area contributed by atoms with Crippen LogP contribution < -0.4 is 10.2 Å². The maximum Gasteiger partial charge on any atom is 0.259 e. The quantitative estimate of drug-likeness (QED) is 0.602. The minimum absolute atomic E-state index is 0.0516. The van der Waals surface area contributed by atoms with Gasteiger partial charge in [-0.25, -0.2) is 17.7 Å². The Labute approximate surface area is 189 Å². The van der Waals surface area contributed by atoms with E-state index >= 15 is 0 Å². The van der Waals surface area contributed by atoms with Crippen molar-refractivity contribution in [3.63, 3.8) is 0 Å². The van der Waals surface area contributed by atoms with Crippen molar-refractivity contribution in [2.75, 3.05) is 50.6 Å². The number of benzene rings is 2. The van der Waals surface area contributed by atoms with Crippen molar-refractivity contribution < 1.29 is 17.9 Å². The molecule has 0 spiro atoms. The molecule has 4 rings (SSSR count). The highest BCUT2D eigenvalue weighted by Crippen LogP contribution is 2.31. The Morgan fingerprint density at radius 1 is 1.19 bits per heavy atom. The number of hydrogen-bond donors (Lipinski definition) is 1.